The number of thiophene rings is 1. The minimum Gasteiger partial charge on any atom is -0.462 e. The molecule has 2 N–H and O–H groups in total. The SMILES string of the molecule is CCOC(=O)c1ccc(-c2nc([C@@H]3CCc4cc(-c5cc(Cl)ccc5-c5nn[nH]n5)cc(=O)n43)[nH]c2Cl)s1. The number of hydrogen-bond donors (Lipinski definition) is 2. The number of aromatic nitrogens is 7. The number of aromatic amines is 2. The molecule has 0 saturated carbocycles. The molecule has 0 amide bonds. The van der Waals surface area contributed by atoms with Crippen molar-refractivity contribution in [3.05, 3.63) is 79.4 Å². The largest absolute Gasteiger partial charge is 0.462 e. The molecule has 0 unspecified atom stereocenters. The van der Waals surface area contributed by atoms with Crippen LogP contribution in [0.3, 0.4) is 0 Å². The van der Waals surface area contributed by atoms with Crippen LogP contribution < -0.4 is 5.56 Å². The second-order valence-corrected chi connectivity index (χ2v) is 10.5. The zero-order valence-corrected chi connectivity index (χ0v) is 22.2. The molecule has 0 aliphatic carbocycles. The minimum absolute atomic E-state index is 0.172. The molecule has 13 heteroatoms. The average Bonchev–Trinajstić information content (AvgIpc) is 3.70. The highest BCUT2D eigenvalue weighted by molar-refractivity contribution is 7.17. The number of rotatable bonds is 6. The molecule has 0 bridgehead atoms. The van der Waals surface area contributed by atoms with Crippen LogP contribution >= 0.6 is 34.5 Å². The van der Waals surface area contributed by atoms with Gasteiger partial charge in [-0.2, -0.15) is 5.21 Å². The number of ether oxygens (including phenoxy) is 1. The van der Waals surface area contributed by atoms with Crippen molar-refractivity contribution in [2.45, 2.75) is 25.8 Å². The third-order valence-electron chi connectivity index (χ3n) is 6.32. The number of hydrogen-bond acceptors (Lipinski definition) is 8. The van der Waals surface area contributed by atoms with E-state index in [1.165, 1.54) is 11.3 Å². The summed E-state index contributed by atoms with van der Waals surface area (Å²) in [6, 6.07) is 12.1. The van der Waals surface area contributed by atoms with Gasteiger partial charge in [0, 0.05) is 22.3 Å². The molecule has 6 rings (SSSR count). The second kappa shape index (κ2) is 9.82. The molecule has 5 aromatic rings. The van der Waals surface area contributed by atoms with E-state index in [1.807, 2.05) is 6.07 Å². The number of pyridine rings is 1. The summed E-state index contributed by atoms with van der Waals surface area (Å²) in [5, 5.41) is 15.1. The molecule has 5 heterocycles. The summed E-state index contributed by atoms with van der Waals surface area (Å²) in [5.41, 5.74) is 3.39. The van der Waals surface area contributed by atoms with E-state index in [0.29, 0.717) is 63.0 Å². The normalized spacial score (nSPS) is 14.6. The predicted molar refractivity (Wildman–Crippen MR) is 144 cm³/mol. The lowest BCUT2D eigenvalue weighted by atomic mass is 9.99. The lowest BCUT2D eigenvalue weighted by Gasteiger charge is -2.14. The van der Waals surface area contributed by atoms with Gasteiger partial charge < -0.3 is 14.3 Å². The van der Waals surface area contributed by atoms with Gasteiger partial charge in [-0.25, -0.2) is 9.78 Å². The number of tetrazole rings is 1. The van der Waals surface area contributed by atoms with Gasteiger partial charge in [-0.05, 0) is 72.5 Å². The first kappa shape index (κ1) is 24.5. The van der Waals surface area contributed by atoms with Gasteiger partial charge in [0.05, 0.1) is 17.5 Å². The summed E-state index contributed by atoms with van der Waals surface area (Å²) in [6.45, 7) is 2.06. The molecule has 38 heavy (non-hydrogen) atoms. The average molecular weight is 568 g/mol. The van der Waals surface area contributed by atoms with E-state index in [-0.39, 0.29) is 17.6 Å². The Morgan fingerprint density at radius 3 is 2.84 bits per heavy atom. The van der Waals surface area contributed by atoms with Gasteiger partial charge in [-0.3, -0.25) is 4.79 Å². The fourth-order valence-corrected chi connectivity index (χ4v) is 6.07. The van der Waals surface area contributed by atoms with Crippen molar-refractivity contribution in [1.29, 1.82) is 0 Å². The molecule has 1 aliphatic rings. The lowest BCUT2D eigenvalue weighted by Crippen LogP contribution is -2.23. The third-order valence-corrected chi connectivity index (χ3v) is 7.90. The molecule has 0 saturated heterocycles. The summed E-state index contributed by atoms with van der Waals surface area (Å²) >= 11 is 14.1. The van der Waals surface area contributed by atoms with E-state index < -0.39 is 0 Å². The number of carbonyl (C=O) groups is 1. The van der Waals surface area contributed by atoms with Gasteiger partial charge in [-0.1, -0.05) is 23.2 Å². The van der Waals surface area contributed by atoms with Crippen LogP contribution in [0.25, 0.3) is 33.1 Å². The highest BCUT2D eigenvalue weighted by Crippen LogP contribution is 2.38. The van der Waals surface area contributed by atoms with Crippen LogP contribution in [0.1, 0.15) is 40.6 Å². The van der Waals surface area contributed by atoms with E-state index in [1.54, 1.807) is 47.9 Å². The van der Waals surface area contributed by atoms with Gasteiger partial charge in [0.15, 0.2) is 0 Å². The Morgan fingerprint density at radius 2 is 2.05 bits per heavy atom. The van der Waals surface area contributed by atoms with Crippen molar-refractivity contribution in [3.8, 4) is 33.1 Å². The number of benzene rings is 1. The molecule has 0 fully saturated rings. The number of nitrogens with one attached hydrogen (secondary N) is 2. The fourth-order valence-electron chi connectivity index (χ4n) is 4.70. The van der Waals surface area contributed by atoms with Crippen LogP contribution in [0.5, 0.6) is 0 Å². The lowest BCUT2D eigenvalue weighted by molar-refractivity contribution is 0.0532. The minimum atomic E-state index is -0.384. The van der Waals surface area contributed by atoms with Crippen molar-refractivity contribution < 1.29 is 9.53 Å². The first-order chi connectivity index (χ1) is 18.4. The smallest absolute Gasteiger partial charge is 0.348 e. The Morgan fingerprint density at radius 1 is 1.18 bits per heavy atom. The number of carbonyl (C=O) groups excluding carboxylic acids is 1. The Hall–Kier alpha value is -3.80. The maximum atomic E-state index is 13.4. The number of aryl methyl sites for hydroxylation is 1. The number of fused-ring (bicyclic) bond motifs is 1. The van der Waals surface area contributed by atoms with Crippen LogP contribution in [0.4, 0.5) is 0 Å². The fraction of sp³-hybridized carbons (Fsp3) is 0.200. The third kappa shape index (κ3) is 4.32. The van der Waals surface area contributed by atoms with Crippen molar-refractivity contribution in [1.82, 2.24) is 35.2 Å². The molecular weight excluding hydrogens is 549 g/mol. The molecule has 0 spiro atoms. The Balaban J connectivity index is 1.35. The van der Waals surface area contributed by atoms with E-state index in [2.05, 4.69) is 25.6 Å². The van der Waals surface area contributed by atoms with Crippen LogP contribution in [0, 0.1) is 0 Å². The Kier molecular flexibility index (Phi) is 6.34. The summed E-state index contributed by atoms with van der Waals surface area (Å²) in [4.78, 5) is 34.6. The first-order valence-corrected chi connectivity index (χ1v) is 13.3. The van der Waals surface area contributed by atoms with Crippen LogP contribution in [-0.4, -0.2) is 47.7 Å². The summed E-state index contributed by atoms with van der Waals surface area (Å²) < 4.78 is 6.81. The van der Waals surface area contributed by atoms with Gasteiger partial charge in [-0.15, -0.1) is 21.5 Å². The molecule has 4 aromatic heterocycles. The topological polar surface area (TPSA) is 131 Å². The highest BCUT2D eigenvalue weighted by atomic mass is 35.5. The van der Waals surface area contributed by atoms with Gasteiger partial charge in [0.2, 0.25) is 5.82 Å². The number of imidazole rings is 1. The van der Waals surface area contributed by atoms with E-state index in [9.17, 15) is 9.59 Å². The summed E-state index contributed by atoms with van der Waals surface area (Å²) in [6.07, 6.45) is 1.35. The van der Waals surface area contributed by atoms with Crippen molar-refractivity contribution in [3.63, 3.8) is 0 Å². The number of H-pyrrole nitrogens is 2. The quantitative estimate of drug-likeness (QED) is 0.270. The summed E-state index contributed by atoms with van der Waals surface area (Å²) in [5.74, 6) is 0.609. The molecule has 1 aromatic carbocycles. The number of esters is 1. The van der Waals surface area contributed by atoms with Crippen LogP contribution in [0.15, 0.2) is 47.3 Å². The molecule has 192 valence electrons. The molecule has 1 aliphatic heterocycles. The predicted octanol–water partition coefficient (Wildman–Crippen LogP) is 5.17. The molecule has 10 nitrogen and oxygen atoms in total. The van der Waals surface area contributed by atoms with Gasteiger partial charge in [0.1, 0.15) is 21.5 Å². The van der Waals surface area contributed by atoms with Crippen LogP contribution in [-0.2, 0) is 11.2 Å². The monoisotopic (exact) mass is 567 g/mol. The highest BCUT2D eigenvalue weighted by Gasteiger charge is 2.29. The van der Waals surface area contributed by atoms with E-state index in [0.717, 1.165) is 16.1 Å². The number of halogens is 2. The van der Waals surface area contributed by atoms with Crippen LogP contribution in [0.2, 0.25) is 10.2 Å². The van der Waals surface area contributed by atoms with Gasteiger partial charge in [0.25, 0.3) is 5.56 Å². The standard InChI is InChI=1S/C25H19Cl2N7O3S/c1-2-37-25(36)19-8-7-18(38-19)21-22(27)29-24(28-21)17-6-4-14-9-12(10-20(35)34(14)17)16-11-13(26)3-5-15(16)23-30-32-33-31-23/h3,5,7-11,17H,2,4,6H2,1H3,(H,28,29)(H,30,31,32,33)/t17-/m0/s1. The first-order valence-electron chi connectivity index (χ1n) is 11.7. The Bertz CT molecular complexity index is 1730. The zero-order chi connectivity index (χ0) is 26.4. The second-order valence-electron chi connectivity index (χ2n) is 8.59. The maximum absolute atomic E-state index is 13.4. The van der Waals surface area contributed by atoms with Crippen molar-refractivity contribution >= 4 is 40.5 Å². The maximum Gasteiger partial charge on any atom is 0.348 e. The van der Waals surface area contributed by atoms with Crippen molar-refractivity contribution in [2.75, 3.05) is 6.61 Å². The zero-order valence-electron chi connectivity index (χ0n) is 19.9. The Labute approximate surface area is 229 Å². The summed E-state index contributed by atoms with van der Waals surface area (Å²) in [7, 11) is 0. The van der Waals surface area contributed by atoms with Crippen molar-refractivity contribution in [2.24, 2.45) is 0 Å². The van der Waals surface area contributed by atoms with E-state index >= 15 is 0 Å². The molecule has 1 atom stereocenters. The number of nitrogens with zero attached hydrogens (tertiary/aromatic N) is 5. The molecular formula is C25H19Cl2N7O3S. The van der Waals surface area contributed by atoms with Gasteiger partial charge >= 0.3 is 5.97 Å². The molecule has 0 radical (unpaired) electrons. The van der Waals surface area contributed by atoms with E-state index in [4.69, 9.17) is 32.9 Å².